The molecule has 0 bridgehead atoms. The first-order valence-corrected chi connectivity index (χ1v) is 13.7. The van der Waals surface area contributed by atoms with Crippen LogP contribution in [0.25, 0.3) is 6.08 Å². The van der Waals surface area contributed by atoms with Crippen LogP contribution in [0.15, 0.2) is 103 Å². The van der Waals surface area contributed by atoms with Gasteiger partial charge in [0.2, 0.25) is 0 Å². The molecule has 0 aromatic heterocycles. The van der Waals surface area contributed by atoms with Gasteiger partial charge in [-0.15, -0.1) is 0 Å². The van der Waals surface area contributed by atoms with Gasteiger partial charge in [-0.1, -0.05) is 97.1 Å². The molecule has 0 radical (unpaired) electrons. The van der Waals surface area contributed by atoms with Gasteiger partial charge in [0.05, 0.1) is 11.7 Å². The Morgan fingerprint density at radius 1 is 0.810 bits per heavy atom. The van der Waals surface area contributed by atoms with E-state index in [2.05, 4.69) is 0 Å². The highest BCUT2D eigenvalue weighted by atomic mass is 19.1. The van der Waals surface area contributed by atoms with Gasteiger partial charge in [-0.2, -0.15) is 0 Å². The van der Waals surface area contributed by atoms with Crippen LogP contribution in [-0.4, -0.2) is 35.4 Å². The molecule has 7 rings (SSSR count). The Bertz CT molecular complexity index is 1810. The van der Waals surface area contributed by atoms with Crippen LogP contribution >= 0.6 is 0 Å². The zero-order chi connectivity index (χ0) is 29.2. The van der Waals surface area contributed by atoms with Crippen LogP contribution in [0.2, 0.25) is 0 Å². The van der Waals surface area contributed by atoms with E-state index in [0.717, 1.165) is 0 Å². The average molecular weight is 558 g/mol. The summed E-state index contributed by atoms with van der Waals surface area (Å²) >= 11 is 0. The monoisotopic (exact) mass is 557 g/mol. The van der Waals surface area contributed by atoms with Crippen LogP contribution in [0.1, 0.15) is 55.0 Å². The maximum Gasteiger partial charge on any atom is 0.308 e. The SMILES string of the molecule is CC(=O)Oc1cccc2c1N1[C@H](C(=O)c3ccccc3)[C@@H](c3ccccc3F)C3(C(=O)c4ccccc4C3=O)[C@H]1C=C2. The molecule has 3 aliphatic rings. The van der Waals surface area contributed by atoms with E-state index in [1.807, 2.05) is 0 Å². The average Bonchev–Trinajstić information content (AvgIpc) is 3.43. The van der Waals surface area contributed by atoms with Gasteiger partial charge < -0.3 is 9.64 Å². The molecular weight excluding hydrogens is 533 g/mol. The Balaban J connectivity index is 1.58. The Labute approximate surface area is 241 Å². The first kappa shape index (κ1) is 25.8. The summed E-state index contributed by atoms with van der Waals surface area (Å²) < 4.78 is 21.5. The number of rotatable bonds is 4. The van der Waals surface area contributed by atoms with Crippen molar-refractivity contribution in [2.24, 2.45) is 5.41 Å². The van der Waals surface area contributed by atoms with Crippen LogP contribution in [0, 0.1) is 11.2 Å². The molecule has 1 fully saturated rings. The third-order valence-electron chi connectivity index (χ3n) is 8.61. The molecule has 0 amide bonds. The molecule has 3 atom stereocenters. The lowest BCUT2D eigenvalue weighted by Gasteiger charge is -2.37. The van der Waals surface area contributed by atoms with Crippen molar-refractivity contribution in [2.45, 2.75) is 24.9 Å². The number of benzene rings is 4. The van der Waals surface area contributed by atoms with Gasteiger partial charge >= 0.3 is 5.97 Å². The van der Waals surface area contributed by atoms with Crippen molar-refractivity contribution in [2.75, 3.05) is 4.90 Å². The summed E-state index contributed by atoms with van der Waals surface area (Å²) in [6, 6.07) is 24.1. The van der Waals surface area contributed by atoms with Crippen LogP contribution in [0.4, 0.5) is 10.1 Å². The molecule has 1 aliphatic carbocycles. The summed E-state index contributed by atoms with van der Waals surface area (Å²) in [6.07, 6.45) is 3.51. The fraction of sp³-hybridized carbons (Fsp3) is 0.143. The standard InChI is InChI=1S/C35H24FNO5/c1-20(38)42-27-17-9-12-21-18-19-28-35(33(40)23-13-5-6-14-24(23)34(35)41)29(25-15-7-8-16-26(25)36)31(37(28)30(21)27)32(39)22-10-3-2-4-11-22/h2-19,28-29,31H,1H3/t28-,29-,31+/m1/s1. The molecule has 6 nitrogen and oxygen atoms in total. The molecule has 1 spiro atoms. The van der Waals surface area contributed by atoms with Gasteiger partial charge in [-0.05, 0) is 17.7 Å². The molecule has 7 heteroatoms. The first-order chi connectivity index (χ1) is 20.4. The Morgan fingerprint density at radius 2 is 1.45 bits per heavy atom. The molecule has 2 aliphatic heterocycles. The molecular formula is C35H24FNO5. The second-order valence-electron chi connectivity index (χ2n) is 10.7. The third kappa shape index (κ3) is 3.43. The molecule has 0 unspecified atom stereocenters. The Morgan fingerprint density at radius 3 is 2.12 bits per heavy atom. The number of esters is 1. The van der Waals surface area contributed by atoms with Gasteiger partial charge in [0.15, 0.2) is 23.1 Å². The summed E-state index contributed by atoms with van der Waals surface area (Å²) in [6.45, 7) is 1.27. The summed E-state index contributed by atoms with van der Waals surface area (Å²) in [4.78, 5) is 57.9. The van der Waals surface area contributed by atoms with Crippen molar-refractivity contribution in [3.63, 3.8) is 0 Å². The zero-order valence-corrected chi connectivity index (χ0v) is 22.5. The van der Waals surface area contributed by atoms with Gasteiger partial charge in [-0.3, -0.25) is 19.2 Å². The largest absolute Gasteiger partial charge is 0.424 e. The highest BCUT2D eigenvalue weighted by molar-refractivity contribution is 6.32. The highest BCUT2D eigenvalue weighted by Crippen LogP contribution is 2.62. The van der Waals surface area contributed by atoms with Crippen molar-refractivity contribution in [1.29, 1.82) is 0 Å². The number of fused-ring (bicyclic) bond motifs is 5. The fourth-order valence-electron chi connectivity index (χ4n) is 7.06. The van der Waals surface area contributed by atoms with E-state index in [4.69, 9.17) is 4.74 Å². The minimum Gasteiger partial charge on any atom is -0.424 e. The van der Waals surface area contributed by atoms with E-state index >= 15 is 4.39 Å². The van der Waals surface area contributed by atoms with Crippen molar-refractivity contribution >= 4 is 35.1 Å². The van der Waals surface area contributed by atoms with Gasteiger partial charge in [0.25, 0.3) is 0 Å². The van der Waals surface area contributed by atoms with Gasteiger partial charge in [0, 0.05) is 35.1 Å². The number of para-hydroxylation sites is 1. The number of carbonyl (C=O) groups excluding carboxylic acids is 4. The Hall–Kier alpha value is -5.17. The quantitative estimate of drug-likeness (QED) is 0.131. The minimum atomic E-state index is -1.86. The summed E-state index contributed by atoms with van der Waals surface area (Å²) in [5.74, 6) is -3.53. The number of hydrogen-bond acceptors (Lipinski definition) is 6. The smallest absolute Gasteiger partial charge is 0.308 e. The molecule has 0 saturated carbocycles. The lowest BCUT2D eigenvalue weighted by Crippen LogP contribution is -2.48. The number of nitrogens with zero attached hydrogens (tertiary/aromatic N) is 1. The summed E-state index contributed by atoms with van der Waals surface area (Å²) in [5, 5.41) is 0. The van der Waals surface area contributed by atoms with Crippen LogP contribution in [-0.2, 0) is 4.79 Å². The zero-order valence-electron chi connectivity index (χ0n) is 22.5. The molecule has 4 aromatic carbocycles. The fourth-order valence-corrected chi connectivity index (χ4v) is 7.06. The second-order valence-corrected chi connectivity index (χ2v) is 10.7. The minimum absolute atomic E-state index is 0.0932. The second kappa shape index (κ2) is 9.45. The number of hydrogen-bond donors (Lipinski definition) is 0. The topological polar surface area (TPSA) is 80.8 Å². The van der Waals surface area contributed by atoms with Crippen LogP contribution < -0.4 is 9.64 Å². The van der Waals surface area contributed by atoms with Crippen molar-refractivity contribution in [3.8, 4) is 5.75 Å². The molecule has 206 valence electrons. The van der Waals surface area contributed by atoms with Crippen molar-refractivity contribution < 1.29 is 28.3 Å². The van der Waals surface area contributed by atoms with E-state index in [1.165, 1.54) is 25.1 Å². The van der Waals surface area contributed by atoms with E-state index in [-0.39, 0.29) is 28.2 Å². The van der Waals surface area contributed by atoms with E-state index in [1.54, 1.807) is 95.9 Å². The number of halogens is 1. The maximum absolute atomic E-state index is 15.9. The highest BCUT2D eigenvalue weighted by Gasteiger charge is 2.72. The lowest BCUT2D eigenvalue weighted by atomic mass is 9.64. The van der Waals surface area contributed by atoms with Crippen LogP contribution in [0.5, 0.6) is 5.75 Å². The molecule has 2 heterocycles. The van der Waals surface area contributed by atoms with E-state index < -0.39 is 46.8 Å². The number of Topliss-reactive ketones (excluding diaryl/α,β-unsaturated/α-hetero) is 3. The van der Waals surface area contributed by atoms with Gasteiger partial charge in [0.1, 0.15) is 17.3 Å². The molecule has 4 aromatic rings. The molecule has 42 heavy (non-hydrogen) atoms. The van der Waals surface area contributed by atoms with Crippen molar-refractivity contribution in [1.82, 2.24) is 0 Å². The molecule has 0 N–H and O–H groups in total. The lowest BCUT2D eigenvalue weighted by molar-refractivity contribution is -0.131. The van der Waals surface area contributed by atoms with Gasteiger partial charge in [-0.25, -0.2) is 4.39 Å². The summed E-state index contributed by atoms with van der Waals surface area (Å²) in [5.41, 5.74) is 0.0816. The maximum atomic E-state index is 15.9. The van der Waals surface area contributed by atoms with Crippen molar-refractivity contribution in [3.05, 3.63) is 137 Å². The van der Waals surface area contributed by atoms with E-state index in [0.29, 0.717) is 16.8 Å². The van der Waals surface area contributed by atoms with E-state index in [9.17, 15) is 19.2 Å². The predicted molar refractivity (Wildman–Crippen MR) is 154 cm³/mol. The van der Waals surface area contributed by atoms with Crippen LogP contribution in [0.3, 0.4) is 0 Å². The number of ketones is 3. The Kier molecular flexibility index (Phi) is 5.80. The first-order valence-electron chi connectivity index (χ1n) is 13.7. The number of anilines is 1. The third-order valence-corrected chi connectivity index (χ3v) is 8.61. The molecule has 1 saturated heterocycles. The number of ether oxygens (including phenoxy) is 1. The normalized spacial score (nSPS) is 21.2. The predicted octanol–water partition coefficient (Wildman–Crippen LogP) is 6.07. The summed E-state index contributed by atoms with van der Waals surface area (Å²) in [7, 11) is 0. The number of carbonyl (C=O) groups is 4.